The number of aliphatic carboxylic acids is 1. The van der Waals surface area contributed by atoms with Crippen LogP contribution in [0.5, 0.6) is 5.88 Å². The average Bonchev–Trinajstić information content (AvgIpc) is 3.14. The van der Waals surface area contributed by atoms with Crippen molar-refractivity contribution in [2.75, 3.05) is 24.6 Å². The highest BCUT2D eigenvalue weighted by Gasteiger charge is 2.16. The van der Waals surface area contributed by atoms with Crippen molar-refractivity contribution in [2.24, 2.45) is 0 Å². The van der Waals surface area contributed by atoms with Gasteiger partial charge < -0.3 is 15.1 Å². The van der Waals surface area contributed by atoms with Crippen LogP contribution in [-0.2, 0) is 21.5 Å². The van der Waals surface area contributed by atoms with Gasteiger partial charge in [0.15, 0.2) is 3.95 Å². The number of aromatic hydroxyl groups is 1. The zero-order valence-corrected chi connectivity index (χ0v) is 18.0. The molecule has 2 heterocycles. The summed E-state index contributed by atoms with van der Waals surface area (Å²) in [7, 11) is -3.91. The largest absolute Gasteiger partial charge is 0.493 e. The van der Waals surface area contributed by atoms with E-state index >= 15 is 0 Å². The molecule has 12 heteroatoms. The predicted molar refractivity (Wildman–Crippen MR) is 113 cm³/mol. The quantitative estimate of drug-likeness (QED) is 0.219. The molecule has 0 radical (unpaired) electrons. The number of rotatable bonds is 9. The van der Waals surface area contributed by atoms with Crippen LogP contribution in [0.3, 0.4) is 0 Å². The maximum absolute atomic E-state index is 10.8. The molecule has 1 aromatic rings. The van der Waals surface area contributed by atoms with E-state index in [1.54, 1.807) is 23.9 Å². The number of unbranched alkanes of at least 4 members (excludes halogenated alkanes) is 1. The normalized spacial score (nSPS) is 15.6. The lowest BCUT2D eigenvalue weighted by molar-refractivity contribution is -0.137. The summed E-state index contributed by atoms with van der Waals surface area (Å²) in [6.07, 6.45) is 6.18. The number of aromatic nitrogens is 1. The highest BCUT2D eigenvalue weighted by atomic mass is 32.2. The highest BCUT2D eigenvalue weighted by Crippen LogP contribution is 2.28. The van der Waals surface area contributed by atoms with Gasteiger partial charge >= 0.3 is 5.97 Å². The van der Waals surface area contributed by atoms with Crippen molar-refractivity contribution in [3.05, 3.63) is 31.7 Å². The van der Waals surface area contributed by atoms with Gasteiger partial charge in [0.25, 0.3) is 10.1 Å². The van der Waals surface area contributed by atoms with Crippen molar-refractivity contribution >= 4 is 57.5 Å². The number of nitrogens with zero attached hydrogens (tertiary/aromatic N) is 2. The van der Waals surface area contributed by atoms with Crippen LogP contribution in [0.4, 0.5) is 0 Å². The zero-order valence-electron chi connectivity index (χ0n) is 14.8. The van der Waals surface area contributed by atoms with Crippen molar-refractivity contribution in [1.29, 1.82) is 0 Å². The fourth-order valence-electron chi connectivity index (χ4n) is 2.45. The first-order chi connectivity index (χ1) is 13.2. The van der Waals surface area contributed by atoms with Gasteiger partial charge in [-0.15, -0.1) is 28.8 Å². The number of carboxylic acid groups (broad SMARTS) is 1. The second kappa shape index (κ2) is 10.3. The maximum Gasteiger partial charge on any atom is 0.323 e. The van der Waals surface area contributed by atoms with Gasteiger partial charge in [0.1, 0.15) is 6.54 Å². The smallest absolute Gasteiger partial charge is 0.323 e. The Labute approximate surface area is 176 Å². The van der Waals surface area contributed by atoms with Gasteiger partial charge in [-0.05, 0) is 37.2 Å². The summed E-state index contributed by atoms with van der Waals surface area (Å²) in [5, 5.41) is 19.9. The van der Waals surface area contributed by atoms with E-state index in [0.717, 1.165) is 33.2 Å². The molecule has 0 saturated carbocycles. The lowest BCUT2D eigenvalue weighted by atomic mass is 10.3. The van der Waals surface area contributed by atoms with Crippen molar-refractivity contribution < 1.29 is 28.0 Å². The van der Waals surface area contributed by atoms with E-state index in [2.05, 4.69) is 10.6 Å². The molecule has 154 valence electrons. The van der Waals surface area contributed by atoms with Crippen LogP contribution in [0.25, 0.3) is 6.08 Å². The molecule has 0 bridgehead atoms. The Bertz CT molecular complexity index is 970. The molecule has 1 aliphatic heterocycles. The van der Waals surface area contributed by atoms with Gasteiger partial charge in [-0.2, -0.15) is 8.42 Å². The third kappa shape index (κ3) is 7.12. The monoisotopic (exact) mass is 464 g/mol. The van der Waals surface area contributed by atoms with Crippen molar-refractivity contribution in [1.82, 2.24) is 9.47 Å². The number of hydrogen-bond acceptors (Lipinski definition) is 8. The van der Waals surface area contributed by atoms with Gasteiger partial charge in [0.05, 0.1) is 15.7 Å². The van der Waals surface area contributed by atoms with E-state index in [1.165, 1.54) is 0 Å². The van der Waals surface area contributed by atoms with E-state index < -0.39 is 22.6 Å². The highest BCUT2D eigenvalue weighted by molar-refractivity contribution is 8.03. The second-order valence-electron chi connectivity index (χ2n) is 5.85. The Balaban J connectivity index is 1.98. The Morgan fingerprint density at radius 1 is 1.36 bits per heavy atom. The summed E-state index contributed by atoms with van der Waals surface area (Å²) < 4.78 is 31.6. The minimum atomic E-state index is -3.91. The number of hydrogen-bond donors (Lipinski definition) is 3. The molecule has 2 rings (SSSR count). The number of thiazole rings is 1. The third-order valence-electron chi connectivity index (χ3n) is 3.73. The fourth-order valence-corrected chi connectivity index (χ4v) is 5.27. The Morgan fingerprint density at radius 2 is 2.11 bits per heavy atom. The molecule has 28 heavy (non-hydrogen) atoms. The summed E-state index contributed by atoms with van der Waals surface area (Å²) in [5.74, 6) is -0.578. The molecule has 0 aliphatic carbocycles. The minimum Gasteiger partial charge on any atom is -0.493 e. The number of carboxylic acids is 1. The lowest BCUT2D eigenvalue weighted by Crippen LogP contribution is -2.20. The molecule has 1 fully saturated rings. The minimum absolute atomic E-state index is 0.193. The van der Waals surface area contributed by atoms with Crippen molar-refractivity contribution in [3.8, 4) is 5.88 Å². The first-order valence-corrected chi connectivity index (χ1v) is 12.1. The Morgan fingerprint density at radius 3 is 2.79 bits per heavy atom. The Kier molecular flexibility index (Phi) is 8.35. The lowest BCUT2D eigenvalue weighted by Gasteiger charge is -2.18. The zero-order chi connectivity index (χ0) is 20.7. The SMILES string of the molecule is O=C(O)Cn1c(O)c(C=C=CC=C2SCCN2CCCCS(=O)(=O)O)sc1=S. The van der Waals surface area contributed by atoms with E-state index in [-0.39, 0.29) is 15.6 Å². The number of allylic oxidation sites excluding steroid dienone is 2. The number of thioether (sulfide) groups is 1. The molecule has 3 N–H and O–H groups in total. The van der Waals surface area contributed by atoms with Gasteiger partial charge in [-0.25, -0.2) is 0 Å². The molecule has 1 saturated heterocycles. The third-order valence-corrected chi connectivity index (χ3v) is 6.99. The Hall–Kier alpha value is -1.56. The maximum atomic E-state index is 10.8. The first-order valence-electron chi connectivity index (χ1n) is 8.27. The molecule has 8 nitrogen and oxygen atoms in total. The first kappa shape index (κ1) is 22.7. The van der Waals surface area contributed by atoms with E-state index in [0.29, 0.717) is 24.3 Å². The van der Waals surface area contributed by atoms with Crippen LogP contribution in [0.15, 0.2) is 22.9 Å². The average molecular weight is 465 g/mol. The predicted octanol–water partition coefficient (Wildman–Crippen LogP) is 2.80. The molecule has 0 atom stereocenters. The van der Waals surface area contributed by atoms with Crippen LogP contribution in [0.1, 0.15) is 17.7 Å². The molecular weight excluding hydrogens is 444 g/mol. The fraction of sp³-hybridized carbons (Fsp3) is 0.438. The van der Waals surface area contributed by atoms with Crippen LogP contribution >= 0.6 is 35.3 Å². The van der Waals surface area contributed by atoms with Crippen LogP contribution < -0.4 is 0 Å². The van der Waals surface area contributed by atoms with Gasteiger partial charge in [-0.1, -0.05) is 0 Å². The van der Waals surface area contributed by atoms with E-state index in [1.807, 2.05) is 6.08 Å². The van der Waals surface area contributed by atoms with Gasteiger partial charge in [-0.3, -0.25) is 13.9 Å². The van der Waals surface area contributed by atoms with Crippen LogP contribution in [0.2, 0.25) is 0 Å². The van der Waals surface area contributed by atoms with Crippen molar-refractivity contribution in [2.45, 2.75) is 19.4 Å². The summed E-state index contributed by atoms with van der Waals surface area (Å²) in [4.78, 5) is 13.4. The molecule has 0 aromatic carbocycles. The topological polar surface area (TPSA) is 120 Å². The van der Waals surface area contributed by atoms with Gasteiger partial charge in [0, 0.05) is 24.9 Å². The molecular formula is C16H20N2O6S4. The van der Waals surface area contributed by atoms with Crippen molar-refractivity contribution in [3.63, 3.8) is 0 Å². The van der Waals surface area contributed by atoms with E-state index in [9.17, 15) is 18.3 Å². The summed E-state index contributed by atoms with van der Waals surface area (Å²) >= 11 is 7.84. The van der Waals surface area contributed by atoms with Crippen LogP contribution in [-0.4, -0.2) is 63.2 Å². The molecule has 0 spiro atoms. The number of carbonyl (C=O) groups is 1. The second-order valence-corrected chi connectivity index (χ2v) is 10.2. The summed E-state index contributed by atoms with van der Waals surface area (Å²) in [5.41, 5.74) is 2.94. The molecule has 1 aliphatic rings. The summed E-state index contributed by atoms with van der Waals surface area (Å²) in [6, 6.07) is 0. The molecule has 0 amide bonds. The molecule has 0 unspecified atom stereocenters. The van der Waals surface area contributed by atoms with E-state index in [4.69, 9.17) is 21.9 Å². The standard InChI is InChI=1S/C16H20N2O6S4/c19-14(20)11-18-15(21)12(27-16(18)25)5-1-2-6-13-17(8-9-26-13)7-3-4-10-28(22,23)24/h2,5-6,21H,3-4,7-11H2,(H,19,20)(H,22,23,24). The summed E-state index contributed by atoms with van der Waals surface area (Å²) in [6.45, 7) is 1.16. The van der Waals surface area contributed by atoms with Crippen LogP contribution in [0, 0.1) is 3.95 Å². The van der Waals surface area contributed by atoms with Gasteiger partial charge in [0.2, 0.25) is 5.88 Å². The molecule has 1 aromatic heterocycles.